The van der Waals surface area contributed by atoms with Crippen molar-refractivity contribution < 1.29 is 5.11 Å². The molecule has 0 aliphatic carbocycles. The lowest BCUT2D eigenvalue weighted by molar-refractivity contribution is 0.476. The number of aromatic nitrogens is 2. The van der Waals surface area contributed by atoms with Gasteiger partial charge in [-0.1, -0.05) is 12.1 Å². The van der Waals surface area contributed by atoms with Crippen molar-refractivity contribution in [1.82, 2.24) is 9.97 Å². The second kappa shape index (κ2) is 4.81. The first-order chi connectivity index (χ1) is 9.63. The molecule has 0 saturated carbocycles. The summed E-state index contributed by atoms with van der Waals surface area (Å²) in [5.74, 6) is 0.201. The summed E-state index contributed by atoms with van der Waals surface area (Å²) in [4.78, 5) is 11.0. The molecule has 0 spiro atoms. The first-order valence-electron chi connectivity index (χ1n) is 6.37. The summed E-state index contributed by atoms with van der Waals surface area (Å²) in [5.41, 5.74) is 4.41. The molecular formula is C16H15N3O. The van der Waals surface area contributed by atoms with Gasteiger partial charge in [-0.25, -0.2) is 4.98 Å². The highest BCUT2D eigenvalue weighted by molar-refractivity contribution is 5.78. The smallest absolute Gasteiger partial charge is 0.117 e. The summed E-state index contributed by atoms with van der Waals surface area (Å²) in [5, 5.41) is 9.52. The number of hydrogen-bond donors (Lipinski definition) is 1. The summed E-state index contributed by atoms with van der Waals surface area (Å²) in [6, 6.07) is 13.1. The second-order valence-corrected chi connectivity index (χ2v) is 4.87. The van der Waals surface area contributed by atoms with E-state index < -0.39 is 0 Å². The molecule has 3 rings (SSSR count). The van der Waals surface area contributed by atoms with Crippen LogP contribution in [0.1, 0.15) is 0 Å². The molecule has 100 valence electrons. The van der Waals surface area contributed by atoms with Crippen LogP contribution in [0.15, 0.2) is 48.7 Å². The fraction of sp³-hybridized carbons (Fsp3) is 0.125. The first kappa shape index (κ1) is 12.4. The van der Waals surface area contributed by atoms with E-state index in [1.54, 1.807) is 24.4 Å². The van der Waals surface area contributed by atoms with E-state index in [2.05, 4.69) is 9.97 Å². The van der Waals surface area contributed by atoms with Gasteiger partial charge in [0.05, 0.1) is 22.9 Å². The molecule has 0 saturated heterocycles. The molecule has 0 aliphatic heterocycles. The Hall–Kier alpha value is -2.62. The zero-order chi connectivity index (χ0) is 14.1. The fourth-order valence-corrected chi connectivity index (χ4v) is 2.07. The molecule has 3 aromatic rings. The SMILES string of the molecule is CN(C)c1ccc(-c2cnc3ccc(O)cc3n2)cc1. The van der Waals surface area contributed by atoms with Crippen molar-refractivity contribution in [3.8, 4) is 17.0 Å². The Labute approximate surface area is 117 Å². The van der Waals surface area contributed by atoms with Crippen LogP contribution in [0.5, 0.6) is 5.75 Å². The topological polar surface area (TPSA) is 49.2 Å². The molecule has 0 fully saturated rings. The summed E-state index contributed by atoms with van der Waals surface area (Å²) >= 11 is 0. The predicted molar refractivity (Wildman–Crippen MR) is 81.0 cm³/mol. The molecule has 0 unspecified atom stereocenters. The Morgan fingerprint density at radius 3 is 2.40 bits per heavy atom. The van der Waals surface area contributed by atoms with Gasteiger partial charge in [-0.15, -0.1) is 0 Å². The summed E-state index contributed by atoms with van der Waals surface area (Å²) in [6.45, 7) is 0. The van der Waals surface area contributed by atoms with Crippen molar-refractivity contribution in [3.63, 3.8) is 0 Å². The standard InChI is InChI=1S/C16H15N3O/c1-19(2)12-5-3-11(4-6-12)16-10-17-14-8-7-13(20)9-15(14)18-16/h3-10,20H,1-2H3. The second-order valence-electron chi connectivity index (χ2n) is 4.87. The van der Waals surface area contributed by atoms with Crippen LogP contribution in [0.3, 0.4) is 0 Å². The predicted octanol–water partition coefficient (Wildman–Crippen LogP) is 3.07. The quantitative estimate of drug-likeness (QED) is 0.773. The van der Waals surface area contributed by atoms with E-state index in [1.165, 1.54) is 0 Å². The first-order valence-corrected chi connectivity index (χ1v) is 6.37. The zero-order valence-corrected chi connectivity index (χ0v) is 11.4. The molecule has 0 aliphatic rings. The molecule has 1 aromatic heterocycles. The number of rotatable bonds is 2. The number of phenols is 1. The van der Waals surface area contributed by atoms with Gasteiger partial charge < -0.3 is 10.0 Å². The Balaban J connectivity index is 2.05. The molecule has 1 N–H and O–H groups in total. The normalized spacial score (nSPS) is 10.7. The van der Waals surface area contributed by atoms with Crippen molar-refractivity contribution >= 4 is 16.7 Å². The summed E-state index contributed by atoms with van der Waals surface area (Å²) in [7, 11) is 4.02. The van der Waals surface area contributed by atoms with Gasteiger partial charge in [0.1, 0.15) is 5.75 Å². The molecular weight excluding hydrogens is 250 g/mol. The van der Waals surface area contributed by atoms with E-state index in [4.69, 9.17) is 0 Å². The Morgan fingerprint density at radius 1 is 0.950 bits per heavy atom. The molecule has 0 amide bonds. The Kier molecular flexibility index (Phi) is 2.99. The summed E-state index contributed by atoms with van der Waals surface area (Å²) < 4.78 is 0. The highest BCUT2D eigenvalue weighted by Gasteiger charge is 2.04. The fourth-order valence-electron chi connectivity index (χ4n) is 2.07. The van der Waals surface area contributed by atoms with Crippen LogP contribution in [-0.4, -0.2) is 29.2 Å². The van der Waals surface area contributed by atoms with Gasteiger partial charge >= 0.3 is 0 Å². The van der Waals surface area contributed by atoms with Crippen molar-refractivity contribution in [1.29, 1.82) is 0 Å². The van der Waals surface area contributed by atoms with Gasteiger partial charge in [-0.05, 0) is 24.3 Å². The van der Waals surface area contributed by atoms with Crippen molar-refractivity contribution in [3.05, 3.63) is 48.7 Å². The van der Waals surface area contributed by atoms with Gasteiger partial charge in [0.2, 0.25) is 0 Å². The minimum atomic E-state index is 0.201. The van der Waals surface area contributed by atoms with E-state index >= 15 is 0 Å². The van der Waals surface area contributed by atoms with Crippen LogP contribution in [-0.2, 0) is 0 Å². The van der Waals surface area contributed by atoms with Crippen LogP contribution < -0.4 is 4.90 Å². The minimum absolute atomic E-state index is 0.201. The molecule has 2 aromatic carbocycles. The highest BCUT2D eigenvalue weighted by Crippen LogP contribution is 2.23. The van der Waals surface area contributed by atoms with Crippen molar-refractivity contribution in [2.24, 2.45) is 0 Å². The lowest BCUT2D eigenvalue weighted by Gasteiger charge is -2.12. The lowest BCUT2D eigenvalue weighted by Crippen LogP contribution is -2.07. The van der Waals surface area contributed by atoms with E-state index in [-0.39, 0.29) is 5.75 Å². The molecule has 0 atom stereocenters. The van der Waals surface area contributed by atoms with Gasteiger partial charge in [-0.2, -0.15) is 0 Å². The van der Waals surface area contributed by atoms with Crippen LogP contribution in [0.4, 0.5) is 5.69 Å². The van der Waals surface area contributed by atoms with Crippen LogP contribution in [0.2, 0.25) is 0 Å². The number of benzene rings is 2. The third-order valence-electron chi connectivity index (χ3n) is 3.21. The van der Waals surface area contributed by atoms with Crippen LogP contribution in [0, 0.1) is 0 Å². The number of fused-ring (bicyclic) bond motifs is 1. The van der Waals surface area contributed by atoms with Gasteiger partial charge in [0.15, 0.2) is 0 Å². The Morgan fingerprint density at radius 2 is 1.70 bits per heavy atom. The van der Waals surface area contributed by atoms with Crippen molar-refractivity contribution in [2.45, 2.75) is 0 Å². The Bertz CT molecular complexity index is 751. The monoisotopic (exact) mass is 265 g/mol. The van der Waals surface area contributed by atoms with Crippen LogP contribution >= 0.6 is 0 Å². The molecule has 0 bridgehead atoms. The maximum Gasteiger partial charge on any atom is 0.117 e. The highest BCUT2D eigenvalue weighted by atomic mass is 16.3. The van der Waals surface area contributed by atoms with Gasteiger partial charge in [0, 0.05) is 31.4 Å². The van der Waals surface area contributed by atoms with Gasteiger partial charge in [0.25, 0.3) is 0 Å². The van der Waals surface area contributed by atoms with E-state index in [9.17, 15) is 5.11 Å². The zero-order valence-electron chi connectivity index (χ0n) is 11.4. The van der Waals surface area contributed by atoms with Gasteiger partial charge in [-0.3, -0.25) is 4.98 Å². The molecule has 4 nitrogen and oxygen atoms in total. The van der Waals surface area contributed by atoms with E-state index in [0.717, 1.165) is 22.5 Å². The van der Waals surface area contributed by atoms with Crippen LogP contribution in [0.25, 0.3) is 22.3 Å². The summed E-state index contributed by atoms with van der Waals surface area (Å²) in [6.07, 6.45) is 1.75. The number of phenolic OH excluding ortho intramolecular Hbond substituents is 1. The third kappa shape index (κ3) is 2.28. The van der Waals surface area contributed by atoms with E-state index in [0.29, 0.717) is 5.52 Å². The molecule has 0 radical (unpaired) electrons. The molecule has 4 heteroatoms. The molecule has 20 heavy (non-hydrogen) atoms. The number of nitrogens with zero attached hydrogens (tertiary/aromatic N) is 3. The average molecular weight is 265 g/mol. The van der Waals surface area contributed by atoms with Crippen molar-refractivity contribution in [2.75, 3.05) is 19.0 Å². The largest absolute Gasteiger partial charge is 0.508 e. The lowest BCUT2D eigenvalue weighted by atomic mass is 10.1. The maximum absolute atomic E-state index is 9.52. The average Bonchev–Trinajstić information content (AvgIpc) is 2.46. The minimum Gasteiger partial charge on any atom is -0.508 e. The number of anilines is 1. The van der Waals surface area contributed by atoms with E-state index in [1.807, 2.05) is 43.3 Å². The number of aromatic hydroxyl groups is 1. The molecule has 1 heterocycles. The third-order valence-corrected chi connectivity index (χ3v) is 3.21. The number of hydrogen-bond acceptors (Lipinski definition) is 4. The maximum atomic E-state index is 9.52.